The molecule has 1 aliphatic heterocycles. The molecule has 0 aromatic carbocycles. The molecule has 0 aromatic rings. The molecule has 1 saturated heterocycles. The van der Waals surface area contributed by atoms with Crippen molar-refractivity contribution < 1.29 is 9.59 Å². The van der Waals surface area contributed by atoms with E-state index in [1.54, 1.807) is 7.05 Å². The number of rotatable bonds is 3. The number of nitrogens with zero attached hydrogens (tertiary/aromatic N) is 2. The van der Waals surface area contributed by atoms with Gasteiger partial charge in [0.1, 0.15) is 0 Å². The van der Waals surface area contributed by atoms with Crippen LogP contribution in [0, 0.1) is 5.92 Å². The van der Waals surface area contributed by atoms with Gasteiger partial charge >= 0.3 is 0 Å². The van der Waals surface area contributed by atoms with Gasteiger partial charge in [-0.25, -0.2) is 0 Å². The standard InChI is InChI=1S/C13H23N3O2/c1-14-12(17)10-15-6-8-16(9-7-15)13(18)11-4-2-3-5-11/h11H,2-10H2,1H3,(H,14,17). The fourth-order valence-electron chi connectivity index (χ4n) is 2.84. The van der Waals surface area contributed by atoms with Crippen LogP contribution >= 0.6 is 0 Å². The molecular formula is C13H23N3O2. The van der Waals surface area contributed by atoms with Crippen LogP contribution in [-0.4, -0.2) is 61.4 Å². The summed E-state index contributed by atoms with van der Waals surface area (Å²) in [7, 11) is 1.65. The highest BCUT2D eigenvalue weighted by molar-refractivity contribution is 5.79. The fraction of sp³-hybridized carbons (Fsp3) is 0.846. The number of likely N-dealkylation sites (N-methyl/N-ethyl adjacent to an activating group) is 1. The van der Waals surface area contributed by atoms with Crippen molar-refractivity contribution >= 4 is 11.8 Å². The van der Waals surface area contributed by atoms with Crippen LogP contribution in [-0.2, 0) is 9.59 Å². The number of piperazine rings is 1. The van der Waals surface area contributed by atoms with E-state index in [0.717, 1.165) is 39.0 Å². The predicted octanol–water partition coefficient (Wildman–Crippen LogP) is 0.0668. The third kappa shape index (κ3) is 3.22. The molecule has 1 heterocycles. The van der Waals surface area contributed by atoms with Gasteiger partial charge in [-0.15, -0.1) is 0 Å². The first-order chi connectivity index (χ1) is 8.70. The lowest BCUT2D eigenvalue weighted by atomic mass is 10.1. The minimum atomic E-state index is 0.0468. The molecule has 102 valence electrons. The lowest BCUT2D eigenvalue weighted by molar-refractivity contribution is -0.137. The van der Waals surface area contributed by atoms with Gasteiger partial charge in [-0.1, -0.05) is 12.8 Å². The van der Waals surface area contributed by atoms with E-state index in [4.69, 9.17) is 0 Å². The van der Waals surface area contributed by atoms with E-state index < -0.39 is 0 Å². The molecule has 5 heteroatoms. The van der Waals surface area contributed by atoms with Crippen molar-refractivity contribution in [1.82, 2.24) is 15.1 Å². The predicted molar refractivity (Wildman–Crippen MR) is 69.0 cm³/mol. The number of carbonyl (C=O) groups is 2. The van der Waals surface area contributed by atoms with Crippen molar-refractivity contribution in [2.45, 2.75) is 25.7 Å². The smallest absolute Gasteiger partial charge is 0.233 e. The normalized spacial score (nSPS) is 22.2. The molecule has 2 aliphatic rings. The van der Waals surface area contributed by atoms with Gasteiger partial charge in [0.05, 0.1) is 6.54 Å². The average molecular weight is 253 g/mol. The van der Waals surface area contributed by atoms with Crippen molar-refractivity contribution in [3.8, 4) is 0 Å². The Morgan fingerprint density at radius 2 is 1.72 bits per heavy atom. The molecule has 0 bridgehead atoms. The second-order valence-corrected chi connectivity index (χ2v) is 5.26. The van der Waals surface area contributed by atoms with E-state index in [1.807, 2.05) is 4.90 Å². The van der Waals surface area contributed by atoms with Gasteiger partial charge in [-0.3, -0.25) is 14.5 Å². The average Bonchev–Trinajstić information content (AvgIpc) is 2.92. The van der Waals surface area contributed by atoms with Crippen LogP contribution in [0.3, 0.4) is 0 Å². The Morgan fingerprint density at radius 1 is 1.11 bits per heavy atom. The molecule has 0 unspecified atom stereocenters. The van der Waals surface area contributed by atoms with E-state index in [-0.39, 0.29) is 11.8 Å². The van der Waals surface area contributed by atoms with Crippen LogP contribution in [0.1, 0.15) is 25.7 Å². The largest absolute Gasteiger partial charge is 0.358 e. The topological polar surface area (TPSA) is 52.7 Å². The zero-order valence-electron chi connectivity index (χ0n) is 11.2. The number of hydrogen-bond donors (Lipinski definition) is 1. The SMILES string of the molecule is CNC(=O)CN1CCN(C(=O)C2CCCC2)CC1. The van der Waals surface area contributed by atoms with Crippen molar-refractivity contribution in [3.05, 3.63) is 0 Å². The first-order valence-electron chi connectivity index (χ1n) is 6.92. The summed E-state index contributed by atoms with van der Waals surface area (Å²) in [5, 5.41) is 2.63. The second kappa shape index (κ2) is 6.18. The molecule has 0 atom stereocenters. The second-order valence-electron chi connectivity index (χ2n) is 5.26. The van der Waals surface area contributed by atoms with Crippen LogP contribution in [0.25, 0.3) is 0 Å². The lowest BCUT2D eigenvalue weighted by Gasteiger charge is -2.35. The van der Waals surface area contributed by atoms with Crippen LogP contribution in [0.4, 0.5) is 0 Å². The molecule has 5 nitrogen and oxygen atoms in total. The highest BCUT2D eigenvalue weighted by atomic mass is 16.2. The first kappa shape index (κ1) is 13.3. The molecule has 0 radical (unpaired) electrons. The number of nitrogens with one attached hydrogen (secondary N) is 1. The summed E-state index contributed by atoms with van der Waals surface area (Å²) in [6, 6.07) is 0. The molecule has 0 aromatic heterocycles. The summed E-state index contributed by atoms with van der Waals surface area (Å²) in [5.74, 6) is 0.660. The number of amides is 2. The summed E-state index contributed by atoms with van der Waals surface area (Å²) >= 11 is 0. The maximum atomic E-state index is 12.2. The summed E-state index contributed by atoms with van der Waals surface area (Å²) in [6.45, 7) is 3.61. The van der Waals surface area contributed by atoms with Gasteiger partial charge in [0.25, 0.3) is 0 Å². The summed E-state index contributed by atoms with van der Waals surface area (Å²) < 4.78 is 0. The Labute approximate surface area is 108 Å². The van der Waals surface area contributed by atoms with E-state index in [0.29, 0.717) is 12.5 Å². The Morgan fingerprint density at radius 3 is 2.28 bits per heavy atom. The Balaban J connectivity index is 1.75. The first-order valence-corrected chi connectivity index (χ1v) is 6.92. The van der Waals surface area contributed by atoms with Crippen LogP contribution < -0.4 is 5.32 Å². The third-order valence-corrected chi connectivity index (χ3v) is 4.03. The van der Waals surface area contributed by atoms with Gasteiger partial charge in [0, 0.05) is 39.1 Å². The monoisotopic (exact) mass is 253 g/mol. The fourth-order valence-corrected chi connectivity index (χ4v) is 2.84. The zero-order valence-corrected chi connectivity index (χ0v) is 11.2. The molecule has 2 rings (SSSR count). The highest BCUT2D eigenvalue weighted by Gasteiger charge is 2.29. The molecule has 18 heavy (non-hydrogen) atoms. The summed E-state index contributed by atoms with van der Waals surface area (Å²) in [4.78, 5) is 27.6. The van der Waals surface area contributed by atoms with E-state index in [2.05, 4.69) is 10.2 Å². The summed E-state index contributed by atoms with van der Waals surface area (Å²) in [5.41, 5.74) is 0. The third-order valence-electron chi connectivity index (χ3n) is 4.03. The van der Waals surface area contributed by atoms with E-state index in [9.17, 15) is 9.59 Å². The maximum Gasteiger partial charge on any atom is 0.233 e. The molecule has 1 saturated carbocycles. The van der Waals surface area contributed by atoms with Gasteiger partial charge in [-0.05, 0) is 12.8 Å². The lowest BCUT2D eigenvalue weighted by Crippen LogP contribution is -2.52. The van der Waals surface area contributed by atoms with Crippen LogP contribution in [0.2, 0.25) is 0 Å². The Kier molecular flexibility index (Phi) is 4.58. The van der Waals surface area contributed by atoms with Crippen LogP contribution in [0.5, 0.6) is 0 Å². The summed E-state index contributed by atoms with van der Waals surface area (Å²) in [6.07, 6.45) is 4.54. The van der Waals surface area contributed by atoms with Gasteiger partial charge in [-0.2, -0.15) is 0 Å². The molecule has 2 amide bonds. The van der Waals surface area contributed by atoms with Crippen molar-refractivity contribution in [3.63, 3.8) is 0 Å². The van der Waals surface area contributed by atoms with Crippen molar-refractivity contribution in [1.29, 1.82) is 0 Å². The maximum absolute atomic E-state index is 12.2. The van der Waals surface area contributed by atoms with E-state index >= 15 is 0 Å². The molecule has 0 spiro atoms. The van der Waals surface area contributed by atoms with Crippen molar-refractivity contribution in [2.24, 2.45) is 5.92 Å². The quantitative estimate of drug-likeness (QED) is 0.774. The highest BCUT2D eigenvalue weighted by Crippen LogP contribution is 2.26. The minimum Gasteiger partial charge on any atom is -0.358 e. The Bertz CT molecular complexity index is 305. The van der Waals surface area contributed by atoms with Crippen molar-refractivity contribution in [2.75, 3.05) is 39.8 Å². The van der Waals surface area contributed by atoms with Gasteiger partial charge in [0.15, 0.2) is 0 Å². The Hall–Kier alpha value is -1.10. The van der Waals surface area contributed by atoms with Gasteiger partial charge in [0.2, 0.25) is 11.8 Å². The molecular weight excluding hydrogens is 230 g/mol. The molecule has 1 aliphatic carbocycles. The minimum absolute atomic E-state index is 0.0468. The van der Waals surface area contributed by atoms with E-state index in [1.165, 1.54) is 12.8 Å². The van der Waals surface area contributed by atoms with Crippen LogP contribution in [0.15, 0.2) is 0 Å². The number of carbonyl (C=O) groups excluding carboxylic acids is 2. The molecule has 2 fully saturated rings. The molecule has 1 N–H and O–H groups in total. The van der Waals surface area contributed by atoms with Gasteiger partial charge < -0.3 is 10.2 Å². The zero-order chi connectivity index (χ0) is 13.0. The number of hydrogen-bond acceptors (Lipinski definition) is 3.